The van der Waals surface area contributed by atoms with Crippen LogP contribution in [0.25, 0.3) is 0 Å². The number of aromatic nitrogens is 1. The first kappa shape index (κ1) is 14.3. The van der Waals surface area contributed by atoms with Crippen LogP contribution in [-0.2, 0) is 0 Å². The Balaban J connectivity index is 2.28. The first-order valence-electron chi connectivity index (χ1n) is 7.26. The van der Waals surface area contributed by atoms with E-state index >= 15 is 0 Å². The molecule has 0 amide bonds. The summed E-state index contributed by atoms with van der Waals surface area (Å²) in [6.45, 7) is 4.41. The summed E-state index contributed by atoms with van der Waals surface area (Å²) in [5.74, 6) is 0.672. The molecule has 106 valence electrons. The zero-order valence-electron chi connectivity index (χ0n) is 12.0. The van der Waals surface area contributed by atoms with Crippen LogP contribution in [0.5, 0.6) is 5.88 Å². The molecular formula is C15H25N3O. The van der Waals surface area contributed by atoms with Crippen molar-refractivity contribution in [1.82, 2.24) is 9.88 Å². The Morgan fingerprint density at radius 1 is 1.42 bits per heavy atom. The summed E-state index contributed by atoms with van der Waals surface area (Å²) in [6.07, 6.45) is 4.66. The van der Waals surface area contributed by atoms with E-state index < -0.39 is 0 Å². The van der Waals surface area contributed by atoms with Crippen LogP contribution in [0.3, 0.4) is 0 Å². The molecule has 4 nitrogen and oxygen atoms in total. The van der Waals surface area contributed by atoms with Crippen LogP contribution in [0.4, 0.5) is 0 Å². The second-order valence-electron chi connectivity index (χ2n) is 5.25. The lowest BCUT2D eigenvalue weighted by atomic mass is 10.0. The number of hydrogen-bond acceptors (Lipinski definition) is 4. The summed E-state index contributed by atoms with van der Waals surface area (Å²) in [5, 5.41) is 0. The molecule has 1 aromatic heterocycles. The number of ether oxygens (including phenoxy) is 1. The Bertz CT molecular complexity index is 397. The van der Waals surface area contributed by atoms with Crippen molar-refractivity contribution in [2.75, 3.05) is 20.2 Å². The molecule has 0 aliphatic carbocycles. The number of nitrogens with zero attached hydrogens (tertiary/aromatic N) is 2. The lowest BCUT2D eigenvalue weighted by Crippen LogP contribution is -2.40. The van der Waals surface area contributed by atoms with E-state index in [1.54, 1.807) is 7.11 Å². The van der Waals surface area contributed by atoms with Crippen molar-refractivity contribution in [2.45, 2.75) is 44.7 Å². The number of nitrogens with two attached hydrogens (primary N) is 1. The smallest absolute Gasteiger partial charge is 0.213 e. The Hall–Kier alpha value is -1.13. The Morgan fingerprint density at radius 2 is 2.26 bits per heavy atom. The molecule has 2 unspecified atom stereocenters. The van der Waals surface area contributed by atoms with Crippen molar-refractivity contribution in [1.29, 1.82) is 0 Å². The van der Waals surface area contributed by atoms with E-state index in [9.17, 15) is 0 Å². The standard InChI is InChI=1S/C15H25N3O/c1-3-10-18-11-5-4-7-12(16)15(18)13-8-6-9-14(17-13)19-2/h6,8-9,12,15H,3-5,7,10-11,16H2,1-2H3. The van der Waals surface area contributed by atoms with Gasteiger partial charge in [-0.1, -0.05) is 19.4 Å². The monoisotopic (exact) mass is 263 g/mol. The van der Waals surface area contributed by atoms with Gasteiger partial charge >= 0.3 is 0 Å². The van der Waals surface area contributed by atoms with Gasteiger partial charge in [-0.2, -0.15) is 0 Å². The Kier molecular flexibility index (Phi) is 5.16. The fraction of sp³-hybridized carbons (Fsp3) is 0.667. The van der Waals surface area contributed by atoms with E-state index in [2.05, 4.69) is 22.9 Å². The maximum atomic E-state index is 6.40. The van der Waals surface area contributed by atoms with Gasteiger partial charge in [0.05, 0.1) is 18.8 Å². The van der Waals surface area contributed by atoms with Crippen LogP contribution in [0.15, 0.2) is 18.2 Å². The molecule has 19 heavy (non-hydrogen) atoms. The van der Waals surface area contributed by atoms with Gasteiger partial charge in [0.1, 0.15) is 0 Å². The predicted molar refractivity (Wildman–Crippen MR) is 77.2 cm³/mol. The molecule has 1 aliphatic rings. The van der Waals surface area contributed by atoms with Gasteiger partial charge in [-0.25, -0.2) is 4.98 Å². The van der Waals surface area contributed by atoms with Gasteiger partial charge in [-0.3, -0.25) is 4.90 Å². The number of pyridine rings is 1. The molecule has 2 N–H and O–H groups in total. The molecule has 4 heteroatoms. The lowest BCUT2D eigenvalue weighted by Gasteiger charge is -2.32. The zero-order chi connectivity index (χ0) is 13.7. The van der Waals surface area contributed by atoms with Gasteiger partial charge in [0.2, 0.25) is 5.88 Å². The normalized spacial score (nSPS) is 25.0. The first-order chi connectivity index (χ1) is 9.26. The summed E-state index contributed by atoms with van der Waals surface area (Å²) < 4.78 is 5.24. The van der Waals surface area contributed by atoms with E-state index in [0.717, 1.165) is 31.6 Å². The van der Waals surface area contributed by atoms with Gasteiger partial charge in [-0.15, -0.1) is 0 Å². The minimum absolute atomic E-state index is 0.161. The van der Waals surface area contributed by atoms with Crippen molar-refractivity contribution in [3.05, 3.63) is 23.9 Å². The highest BCUT2D eigenvalue weighted by Crippen LogP contribution is 2.29. The van der Waals surface area contributed by atoms with Gasteiger partial charge < -0.3 is 10.5 Å². The average Bonchev–Trinajstić information content (AvgIpc) is 2.61. The minimum atomic E-state index is 0.161. The summed E-state index contributed by atoms with van der Waals surface area (Å²) in [6, 6.07) is 6.34. The maximum absolute atomic E-state index is 6.40. The van der Waals surface area contributed by atoms with E-state index in [-0.39, 0.29) is 12.1 Å². The van der Waals surface area contributed by atoms with Crippen molar-refractivity contribution in [2.24, 2.45) is 5.73 Å². The highest BCUT2D eigenvalue weighted by Gasteiger charge is 2.29. The number of rotatable bonds is 4. The SMILES string of the molecule is CCCN1CCCCC(N)C1c1cccc(OC)n1. The molecule has 0 aromatic carbocycles. The van der Waals surface area contributed by atoms with E-state index in [1.165, 1.54) is 12.8 Å². The topological polar surface area (TPSA) is 51.4 Å². The van der Waals surface area contributed by atoms with E-state index in [4.69, 9.17) is 10.5 Å². The summed E-state index contributed by atoms with van der Waals surface area (Å²) in [4.78, 5) is 7.08. The molecule has 2 rings (SSSR count). The highest BCUT2D eigenvalue weighted by molar-refractivity contribution is 5.20. The second-order valence-corrected chi connectivity index (χ2v) is 5.25. The Morgan fingerprint density at radius 3 is 3.00 bits per heavy atom. The molecule has 2 atom stereocenters. The summed E-state index contributed by atoms with van der Waals surface area (Å²) in [5.41, 5.74) is 7.44. The predicted octanol–water partition coefficient (Wildman–Crippen LogP) is 2.35. The molecule has 0 bridgehead atoms. The number of hydrogen-bond donors (Lipinski definition) is 1. The third-order valence-electron chi connectivity index (χ3n) is 3.80. The van der Waals surface area contributed by atoms with E-state index in [1.807, 2.05) is 12.1 Å². The molecule has 0 radical (unpaired) electrons. The number of methoxy groups -OCH3 is 1. The second kappa shape index (κ2) is 6.87. The van der Waals surface area contributed by atoms with Crippen LogP contribution in [-0.4, -0.2) is 36.1 Å². The van der Waals surface area contributed by atoms with Crippen LogP contribution < -0.4 is 10.5 Å². The lowest BCUT2D eigenvalue weighted by molar-refractivity contribution is 0.181. The van der Waals surface area contributed by atoms with Gasteiger partial charge in [-0.05, 0) is 38.4 Å². The van der Waals surface area contributed by atoms with Gasteiger partial charge in [0.15, 0.2) is 0 Å². The van der Waals surface area contributed by atoms with Crippen LogP contribution in [0.2, 0.25) is 0 Å². The first-order valence-corrected chi connectivity index (χ1v) is 7.26. The molecule has 0 saturated carbocycles. The minimum Gasteiger partial charge on any atom is -0.481 e. The third-order valence-corrected chi connectivity index (χ3v) is 3.80. The molecule has 1 fully saturated rings. The third kappa shape index (κ3) is 3.45. The molecule has 1 aromatic rings. The van der Waals surface area contributed by atoms with Crippen molar-refractivity contribution < 1.29 is 4.74 Å². The highest BCUT2D eigenvalue weighted by atomic mass is 16.5. The molecule has 0 spiro atoms. The quantitative estimate of drug-likeness (QED) is 0.906. The fourth-order valence-corrected chi connectivity index (χ4v) is 2.92. The van der Waals surface area contributed by atoms with Crippen LogP contribution in [0, 0.1) is 0 Å². The van der Waals surface area contributed by atoms with Gasteiger partial charge in [0, 0.05) is 12.1 Å². The van der Waals surface area contributed by atoms with Crippen molar-refractivity contribution >= 4 is 0 Å². The molecule has 1 saturated heterocycles. The largest absolute Gasteiger partial charge is 0.481 e. The zero-order valence-corrected chi connectivity index (χ0v) is 12.0. The average molecular weight is 263 g/mol. The molecule has 1 aliphatic heterocycles. The van der Waals surface area contributed by atoms with E-state index in [0.29, 0.717) is 5.88 Å². The van der Waals surface area contributed by atoms with Gasteiger partial charge in [0.25, 0.3) is 0 Å². The van der Waals surface area contributed by atoms with Crippen LogP contribution in [0.1, 0.15) is 44.3 Å². The Labute approximate surface area is 116 Å². The molecular weight excluding hydrogens is 238 g/mol. The summed E-state index contributed by atoms with van der Waals surface area (Å²) in [7, 11) is 1.66. The maximum Gasteiger partial charge on any atom is 0.213 e. The van der Waals surface area contributed by atoms with Crippen molar-refractivity contribution in [3.63, 3.8) is 0 Å². The number of likely N-dealkylation sites (tertiary alicyclic amines) is 1. The van der Waals surface area contributed by atoms with Crippen LogP contribution >= 0.6 is 0 Å². The molecule has 2 heterocycles. The van der Waals surface area contributed by atoms with Crippen molar-refractivity contribution in [3.8, 4) is 5.88 Å². The fourth-order valence-electron chi connectivity index (χ4n) is 2.92. The summed E-state index contributed by atoms with van der Waals surface area (Å²) >= 11 is 0.